The van der Waals surface area contributed by atoms with Crippen LogP contribution >= 0.6 is 34.5 Å². The molecule has 7 heteroatoms. The first-order valence-corrected chi connectivity index (χ1v) is 8.60. The molecule has 4 nitrogen and oxygen atoms in total. The number of rotatable bonds is 2. The Balaban J connectivity index is 1.83. The second kappa shape index (κ2) is 6.02. The summed E-state index contributed by atoms with van der Waals surface area (Å²) in [4.78, 5) is 17.5. The SMILES string of the molecule is O=c1c(=Cc2cccc(Cl)c2)sc2nc(-c3cccc(Cl)c3)nn12. The van der Waals surface area contributed by atoms with Gasteiger partial charge in [0.25, 0.3) is 5.56 Å². The molecule has 0 aliphatic rings. The molecule has 2 aromatic carbocycles. The molecule has 2 aromatic heterocycles. The highest BCUT2D eigenvalue weighted by Gasteiger charge is 2.12. The van der Waals surface area contributed by atoms with Crippen LogP contribution in [0.3, 0.4) is 0 Å². The molecule has 0 saturated heterocycles. The lowest BCUT2D eigenvalue weighted by Gasteiger charge is -1.94. The van der Waals surface area contributed by atoms with E-state index in [0.717, 1.165) is 11.1 Å². The maximum Gasteiger partial charge on any atom is 0.291 e. The van der Waals surface area contributed by atoms with Gasteiger partial charge >= 0.3 is 0 Å². The van der Waals surface area contributed by atoms with Crippen molar-refractivity contribution in [2.75, 3.05) is 0 Å². The summed E-state index contributed by atoms with van der Waals surface area (Å²) >= 11 is 13.3. The molecule has 4 rings (SSSR count). The summed E-state index contributed by atoms with van der Waals surface area (Å²) < 4.78 is 1.88. The van der Waals surface area contributed by atoms with E-state index in [1.165, 1.54) is 15.9 Å². The van der Waals surface area contributed by atoms with Gasteiger partial charge in [0.15, 0.2) is 5.82 Å². The summed E-state index contributed by atoms with van der Waals surface area (Å²) in [7, 11) is 0. The summed E-state index contributed by atoms with van der Waals surface area (Å²) in [5.74, 6) is 0.482. The smallest absolute Gasteiger partial charge is 0.266 e. The van der Waals surface area contributed by atoms with Crippen LogP contribution in [0.5, 0.6) is 0 Å². The van der Waals surface area contributed by atoms with Crippen molar-refractivity contribution in [3.8, 4) is 11.4 Å². The molecule has 0 spiro atoms. The van der Waals surface area contributed by atoms with Crippen LogP contribution in [0.15, 0.2) is 53.3 Å². The van der Waals surface area contributed by atoms with Crippen LogP contribution in [0.2, 0.25) is 10.0 Å². The van der Waals surface area contributed by atoms with E-state index in [1.54, 1.807) is 30.3 Å². The van der Waals surface area contributed by atoms with Gasteiger partial charge in [0, 0.05) is 15.6 Å². The normalized spacial score (nSPS) is 12.2. The highest BCUT2D eigenvalue weighted by molar-refractivity contribution is 7.15. The molecule has 24 heavy (non-hydrogen) atoms. The summed E-state index contributed by atoms with van der Waals surface area (Å²) in [6.07, 6.45) is 1.79. The molecule has 0 aliphatic carbocycles. The van der Waals surface area contributed by atoms with Crippen molar-refractivity contribution in [1.82, 2.24) is 14.6 Å². The van der Waals surface area contributed by atoms with Gasteiger partial charge in [-0.25, -0.2) is 0 Å². The first-order chi connectivity index (χ1) is 11.6. The molecule has 0 saturated carbocycles. The number of halogens is 2. The number of hydrogen-bond acceptors (Lipinski definition) is 4. The van der Waals surface area contributed by atoms with E-state index in [-0.39, 0.29) is 5.56 Å². The van der Waals surface area contributed by atoms with E-state index in [9.17, 15) is 4.79 Å². The van der Waals surface area contributed by atoms with E-state index >= 15 is 0 Å². The van der Waals surface area contributed by atoms with Crippen LogP contribution < -0.4 is 10.1 Å². The molecular formula is C17H9Cl2N3OS. The first kappa shape index (κ1) is 15.3. The minimum Gasteiger partial charge on any atom is -0.266 e. The zero-order valence-electron chi connectivity index (χ0n) is 12.1. The molecule has 0 bridgehead atoms. The van der Waals surface area contributed by atoms with E-state index in [1.807, 2.05) is 24.3 Å². The van der Waals surface area contributed by atoms with E-state index in [0.29, 0.717) is 25.4 Å². The van der Waals surface area contributed by atoms with Crippen molar-refractivity contribution in [2.45, 2.75) is 0 Å². The Kier molecular flexibility index (Phi) is 3.84. The van der Waals surface area contributed by atoms with Crippen molar-refractivity contribution in [2.24, 2.45) is 0 Å². The predicted molar refractivity (Wildman–Crippen MR) is 97.8 cm³/mol. The summed E-state index contributed by atoms with van der Waals surface area (Å²) in [6.45, 7) is 0. The zero-order valence-corrected chi connectivity index (χ0v) is 14.4. The standard InChI is InChI=1S/C17H9Cl2N3OS/c18-12-5-1-3-10(7-12)8-14-16(23)22-17(24-14)20-15(21-22)11-4-2-6-13(19)9-11/h1-9H. The van der Waals surface area contributed by atoms with Gasteiger partial charge in [0.1, 0.15) is 0 Å². The Labute approximate surface area is 150 Å². The Morgan fingerprint density at radius 2 is 1.79 bits per heavy atom. The van der Waals surface area contributed by atoms with Gasteiger partial charge in [0.2, 0.25) is 4.96 Å². The van der Waals surface area contributed by atoms with Crippen LogP contribution in [0.25, 0.3) is 22.4 Å². The fraction of sp³-hybridized carbons (Fsp3) is 0. The third-order valence-electron chi connectivity index (χ3n) is 3.41. The monoisotopic (exact) mass is 373 g/mol. The van der Waals surface area contributed by atoms with E-state index in [4.69, 9.17) is 23.2 Å². The number of aromatic nitrogens is 3. The molecule has 2 heterocycles. The van der Waals surface area contributed by atoms with Crippen LogP contribution in [-0.4, -0.2) is 14.6 Å². The Hall–Kier alpha value is -2.21. The minimum absolute atomic E-state index is 0.198. The molecular weight excluding hydrogens is 365 g/mol. The van der Waals surface area contributed by atoms with E-state index in [2.05, 4.69) is 10.1 Å². The number of nitrogens with zero attached hydrogens (tertiary/aromatic N) is 3. The Morgan fingerprint density at radius 3 is 2.50 bits per heavy atom. The van der Waals surface area contributed by atoms with Gasteiger partial charge in [-0.2, -0.15) is 9.50 Å². The fourth-order valence-corrected chi connectivity index (χ4v) is 3.63. The van der Waals surface area contributed by atoms with Gasteiger partial charge in [-0.3, -0.25) is 4.79 Å². The maximum absolute atomic E-state index is 12.5. The second-order valence-corrected chi connectivity index (χ2v) is 6.99. The van der Waals surface area contributed by atoms with Crippen molar-refractivity contribution in [3.63, 3.8) is 0 Å². The summed E-state index contributed by atoms with van der Waals surface area (Å²) in [5.41, 5.74) is 1.44. The average molecular weight is 374 g/mol. The Bertz CT molecular complexity index is 1170. The third-order valence-corrected chi connectivity index (χ3v) is 4.84. The van der Waals surface area contributed by atoms with Crippen molar-refractivity contribution in [1.29, 1.82) is 0 Å². The molecule has 0 unspecified atom stereocenters. The van der Waals surface area contributed by atoms with Gasteiger partial charge in [-0.05, 0) is 35.9 Å². The lowest BCUT2D eigenvalue weighted by Crippen LogP contribution is -2.23. The third kappa shape index (κ3) is 2.82. The second-order valence-electron chi connectivity index (χ2n) is 5.11. The number of fused-ring (bicyclic) bond motifs is 1. The van der Waals surface area contributed by atoms with Gasteiger partial charge in [0.05, 0.1) is 4.53 Å². The molecule has 0 atom stereocenters. The highest BCUT2D eigenvalue weighted by Crippen LogP contribution is 2.20. The minimum atomic E-state index is -0.198. The van der Waals surface area contributed by atoms with Gasteiger partial charge < -0.3 is 0 Å². The lowest BCUT2D eigenvalue weighted by molar-refractivity contribution is 0.937. The molecule has 4 aromatic rings. The molecule has 0 N–H and O–H groups in total. The average Bonchev–Trinajstić information content (AvgIpc) is 3.08. The van der Waals surface area contributed by atoms with E-state index < -0.39 is 0 Å². The van der Waals surface area contributed by atoms with Gasteiger partial charge in [-0.1, -0.05) is 58.8 Å². The molecule has 0 fully saturated rings. The number of hydrogen-bond donors (Lipinski definition) is 0. The van der Waals surface area contributed by atoms with Crippen LogP contribution in [0.1, 0.15) is 5.56 Å². The lowest BCUT2D eigenvalue weighted by atomic mass is 10.2. The first-order valence-electron chi connectivity index (χ1n) is 7.03. The van der Waals surface area contributed by atoms with Gasteiger partial charge in [-0.15, -0.1) is 5.10 Å². The fourth-order valence-electron chi connectivity index (χ4n) is 2.33. The van der Waals surface area contributed by atoms with Crippen molar-refractivity contribution < 1.29 is 0 Å². The molecule has 0 radical (unpaired) electrons. The zero-order chi connectivity index (χ0) is 16.7. The van der Waals surface area contributed by atoms with Crippen molar-refractivity contribution in [3.05, 3.63) is 79.0 Å². The predicted octanol–water partition coefficient (Wildman–Crippen LogP) is 3.67. The summed E-state index contributed by atoms with van der Waals surface area (Å²) in [6, 6.07) is 14.5. The highest BCUT2D eigenvalue weighted by atomic mass is 35.5. The van der Waals surface area contributed by atoms with Crippen LogP contribution in [0.4, 0.5) is 0 Å². The van der Waals surface area contributed by atoms with Crippen molar-refractivity contribution >= 4 is 45.6 Å². The molecule has 0 aliphatic heterocycles. The Morgan fingerprint density at radius 1 is 1.04 bits per heavy atom. The summed E-state index contributed by atoms with van der Waals surface area (Å²) in [5, 5.41) is 5.53. The largest absolute Gasteiger partial charge is 0.291 e. The molecule has 0 amide bonds. The van der Waals surface area contributed by atoms with Crippen LogP contribution in [0, 0.1) is 0 Å². The quantitative estimate of drug-likeness (QED) is 0.538. The number of benzene rings is 2. The number of thiazole rings is 1. The molecule has 118 valence electrons. The maximum atomic E-state index is 12.5. The van der Waals surface area contributed by atoms with Crippen LogP contribution in [-0.2, 0) is 0 Å². The topological polar surface area (TPSA) is 47.3 Å².